The molecule has 9 heteroatoms. The lowest BCUT2D eigenvalue weighted by Gasteiger charge is -2.28. The Morgan fingerprint density at radius 3 is 2.54 bits per heavy atom. The summed E-state index contributed by atoms with van der Waals surface area (Å²) in [7, 11) is 1.68. The highest BCUT2D eigenvalue weighted by atomic mass is 19.1. The van der Waals surface area contributed by atoms with Crippen molar-refractivity contribution < 1.29 is 14.0 Å². The standard InChI is InChI=1S/C26H33FN6O2/c1-18(2)30-9-10-33(24-11-20(13-28)6-5-19(24)3)26(35)15-29-14-25(34)31(4)32-16-21-7-8-23(27)12-22(21)17-32/h5-8,11-12,18,29-30H,9-10,14-17H2,1-4H3. The Morgan fingerprint density at radius 1 is 1.11 bits per heavy atom. The number of nitriles is 1. The predicted molar refractivity (Wildman–Crippen MR) is 133 cm³/mol. The van der Waals surface area contributed by atoms with Crippen LogP contribution < -0.4 is 15.5 Å². The van der Waals surface area contributed by atoms with E-state index in [0.717, 1.165) is 16.7 Å². The van der Waals surface area contributed by atoms with Crippen LogP contribution in [0.5, 0.6) is 0 Å². The summed E-state index contributed by atoms with van der Waals surface area (Å²) in [6, 6.07) is 12.3. The third-order valence-electron chi connectivity index (χ3n) is 6.03. The van der Waals surface area contributed by atoms with Gasteiger partial charge in [-0.05, 0) is 47.9 Å². The van der Waals surface area contributed by atoms with Crippen molar-refractivity contribution in [3.63, 3.8) is 0 Å². The number of amides is 2. The van der Waals surface area contributed by atoms with E-state index in [1.54, 1.807) is 30.1 Å². The normalized spacial score (nSPS) is 12.9. The number of hydrogen-bond acceptors (Lipinski definition) is 6. The van der Waals surface area contributed by atoms with Crippen LogP contribution in [0.3, 0.4) is 0 Å². The zero-order chi connectivity index (χ0) is 25.5. The number of hydrogen-bond donors (Lipinski definition) is 2. The van der Waals surface area contributed by atoms with Crippen LogP contribution in [-0.2, 0) is 22.7 Å². The molecule has 0 saturated heterocycles. The smallest absolute Gasteiger partial charge is 0.250 e. The third-order valence-corrected chi connectivity index (χ3v) is 6.03. The number of nitrogens with zero attached hydrogens (tertiary/aromatic N) is 4. The fourth-order valence-electron chi connectivity index (χ4n) is 4.02. The minimum absolute atomic E-state index is 0.0151. The summed E-state index contributed by atoms with van der Waals surface area (Å²) in [5, 5.41) is 18.9. The van der Waals surface area contributed by atoms with Crippen LogP contribution in [0.15, 0.2) is 36.4 Å². The number of hydrazine groups is 1. The maximum absolute atomic E-state index is 13.5. The van der Waals surface area contributed by atoms with Crippen LogP contribution in [0.1, 0.15) is 36.1 Å². The summed E-state index contributed by atoms with van der Waals surface area (Å²) in [4.78, 5) is 27.5. The van der Waals surface area contributed by atoms with Gasteiger partial charge in [-0.25, -0.2) is 9.40 Å². The summed E-state index contributed by atoms with van der Waals surface area (Å²) in [6.07, 6.45) is 0. The SMILES string of the molecule is Cc1ccc(C#N)cc1N(CCNC(C)C)C(=O)CNCC(=O)N(C)N1Cc2ccc(F)cc2C1. The Hall–Kier alpha value is -3.32. The molecule has 8 nitrogen and oxygen atoms in total. The summed E-state index contributed by atoms with van der Waals surface area (Å²) < 4.78 is 13.5. The largest absolute Gasteiger partial charge is 0.313 e. The van der Waals surface area contributed by atoms with Gasteiger partial charge in [0.2, 0.25) is 5.91 Å². The van der Waals surface area contributed by atoms with E-state index in [2.05, 4.69) is 16.7 Å². The molecule has 0 radical (unpaired) electrons. The van der Waals surface area contributed by atoms with Crippen molar-refractivity contribution in [2.45, 2.75) is 39.9 Å². The fraction of sp³-hybridized carbons (Fsp3) is 0.423. The molecule has 1 heterocycles. The molecule has 0 bridgehead atoms. The maximum Gasteiger partial charge on any atom is 0.250 e. The maximum atomic E-state index is 13.5. The van der Waals surface area contributed by atoms with Crippen LogP contribution in [-0.4, -0.2) is 61.1 Å². The van der Waals surface area contributed by atoms with E-state index in [1.165, 1.54) is 17.1 Å². The first kappa shape index (κ1) is 26.3. The Kier molecular flexibility index (Phi) is 8.93. The van der Waals surface area contributed by atoms with Crippen molar-refractivity contribution in [2.24, 2.45) is 0 Å². The molecular weight excluding hydrogens is 447 g/mol. The second-order valence-corrected chi connectivity index (χ2v) is 9.02. The van der Waals surface area contributed by atoms with Gasteiger partial charge in [-0.15, -0.1) is 0 Å². The van der Waals surface area contributed by atoms with Crippen molar-refractivity contribution >= 4 is 17.5 Å². The zero-order valence-corrected chi connectivity index (χ0v) is 20.8. The van der Waals surface area contributed by atoms with Crippen molar-refractivity contribution in [3.8, 4) is 6.07 Å². The van der Waals surface area contributed by atoms with E-state index in [-0.39, 0.29) is 36.8 Å². The topological polar surface area (TPSA) is 91.7 Å². The summed E-state index contributed by atoms with van der Waals surface area (Å²) >= 11 is 0. The number of carbonyl (C=O) groups is 2. The Morgan fingerprint density at radius 2 is 1.83 bits per heavy atom. The molecule has 0 aliphatic carbocycles. The molecule has 0 spiro atoms. The van der Waals surface area contributed by atoms with Crippen molar-refractivity contribution in [2.75, 3.05) is 38.1 Å². The molecule has 1 aliphatic heterocycles. The van der Waals surface area contributed by atoms with Gasteiger partial charge in [0, 0.05) is 45.0 Å². The number of nitrogens with one attached hydrogen (secondary N) is 2. The lowest BCUT2D eigenvalue weighted by Crippen LogP contribution is -2.47. The molecule has 35 heavy (non-hydrogen) atoms. The molecule has 2 N–H and O–H groups in total. The predicted octanol–water partition coefficient (Wildman–Crippen LogP) is 2.32. The fourth-order valence-corrected chi connectivity index (χ4v) is 4.02. The molecule has 1 aliphatic rings. The molecule has 0 saturated carbocycles. The second-order valence-electron chi connectivity index (χ2n) is 9.02. The van der Waals surface area contributed by atoms with Gasteiger partial charge < -0.3 is 10.2 Å². The molecule has 0 unspecified atom stereocenters. The number of aryl methyl sites for hydroxylation is 1. The first-order valence-corrected chi connectivity index (χ1v) is 11.7. The highest BCUT2D eigenvalue weighted by molar-refractivity contribution is 5.96. The number of benzene rings is 2. The summed E-state index contributed by atoms with van der Waals surface area (Å²) in [5.74, 6) is -0.668. The van der Waals surface area contributed by atoms with Crippen molar-refractivity contribution in [1.82, 2.24) is 20.7 Å². The molecule has 0 fully saturated rings. The van der Waals surface area contributed by atoms with Gasteiger partial charge in [0.05, 0.1) is 24.7 Å². The average Bonchev–Trinajstić information content (AvgIpc) is 3.24. The molecule has 2 aromatic rings. The third kappa shape index (κ3) is 6.85. The molecule has 186 valence electrons. The van der Waals surface area contributed by atoms with E-state index >= 15 is 0 Å². The monoisotopic (exact) mass is 480 g/mol. The Balaban J connectivity index is 1.58. The van der Waals surface area contributed by atoms with Crippen LogP contribution >= 0.6 is 0 Å². The van der Waals surface area contributed by atoms with Gasteiger partial charge in [0.25, 0.3) is 5.91 Å². The number of fused-ring (bicyclic) bond motifs is 1. The summed E-state index contributed by atoms with van der Waals surface area (Å²) in [6.45, 7) is 7.95. The molecule has 3 rings (SSSR count). The van der Waals surface area contributed by atoms with E-state index in [9.17, 15) is 19.2 Å². The molecule has 0 atom stereocenters. The minimum atomic E-state index is -0.288. The lowest BCUT2D eigenvalue weighted by molar-refractivity contribution is -0.145. The van der Waals surface area contributed by atoms with Crippen molar-refractivity contribution in [1.29, 1.82) is 5.26 Å². The first-order valence-electron chi connectivity index (χ1n) is 11.7. The van der Waals surface area contributed by atoms with E-state index in [0.29, 0.717) is 37.4 Å². The highest BCUT2D eigenvalue weighted by Crippen LogP contribution is 2.24. The van der Waals surface area contributed by atoms with E-state index in [1.807, 2.05) is 31.8 Å². The Labute approximate surface area is 206 Å². The lowest BCUT2D eigenvalue weighted by atomic mass is 10.1. The second kappa shape index (κ2) is 11.9. The van der Waals surface area contributed by atoms with E-state index < -0.39 is 0 Å². The average molecular weight is 481 g/mol. The van der Waals surface area contributed by atoms with Crippen LogP contribution in [0, 0.1) is 24.1 Å². The van der Waals surface area contributed by atoms with Gasteiger partial charge in [-0.3, -0.25) is 19.9 Å². The van der Waals surface area contributed by atoms with Crippen LogP contribution in [0.4, 0.5) is 10.1 Å². The number of rotatable bonds is 10. The first-order chi connectivity index (χ1) is 16.7. The molecular formula is C26H33FN6O2. The number of carbonyl (C=O) groups excluding carboxylic acids is 2. The zero-order valence-electron chi connectivity index (χ0n) is 20.8. The van der Waals surface area contributed by atoms with Gasteiger partial charge in [-0.1, -0.05) is 26.0 Å². The molecule has 2 aromatic carbocycles. The van der Waals surface area contributed by atoms with Gasteiger partial charge in [0.1, 0.15) is 5.82 Å². The minimum Gasteiger partial charge on any atom is -0.313 e. The Bertz CT molecular complexity index is 1110. The number of likely N-dealkylation sites (N-methyl/N-ethyl adjacent to an activating group) is 1. The number of anilines is 1. The van der Waals surface area contributed by atoms with Gasteiger partial charge in [-0.2, -0.15) is 5.26 Å². The summed E-state index contributed by atoms with van der Waals surface area (Å²) in [5.41, 5.74) is 3.93. The highest BCUT2D eigenvalue weighted by Gasteiger charge is 2.25. The van der Waals surface area contributed by atoms with Crippen LogP contribution in [0.25, 0.3) is 0 Å². The van der Waals surface area contributed by atoms with Gasteiger partial charge in [0.15, 0.2) is 0 Å². The number of halogens is 1. The van der Waals surface area contributed by atoms with E-state index in [4.69, 9.17) is 0 Å². The van der Waals surface area contributed by atoms with Crippen LogP contribution in [0.2, 0.25) is 0 Å². The van der Waals surface area contributed by atoms with Gasteiger partial charge >= 0.3 is 0 Å². The molecule has 2 amide bonds. The quantitative estimate of drug-likeness (QED) is 0.542. The molecule has 0 aromatic heterocycles. The van der Waals surface area contributed by atoms with Crippen molar-refractivity contribution in [3.05, 3.63) is 64.5 Å².